The third kappa shape index (κ3) is 3.22. The molecule has 0 radical (unpaired) electrons. The second-order valence-electron chi connectivity index (χ2n) is 5.71. The maximum Gasteiger partial charge on any atom is 0.350 e. The zero-order valence-corrected chi connectivity index (χ0v) is 16.4. The maximum absolute atomic E-state index is 12.3. The Bertz CT molecular complexity index is 996. The van der Waals surface area contributed by atoms with Gasteiger partial charge in [-0.05, 0) is 36.3 Å². The number of hydrogen-bond acceptors (Lipinski definition) is 8. The first-order valence-corrected chi connectivity index (χ1v) is 10.7. The van der Waals surface area contributed by atoms with E-state index in [1.165, 1.54) is 47.1 Å². The van der Waals surface area contributed by atoms with Crippen molar-refractivity contribution in [1.82, 2.24) is 9.97 Å². The summed E-state index contributed by atoms with van der Waals surface area (Å²) in [5.74, 6) is -0.417. The fourth-order valence-electron chi connectivity index (χ4n) is 2.99. The van der Waals surface area contributed by atoms with Gasteiger partial charge in [-0.15, -0.1) is 22.7 Å². The molecule has 1 N–H and O–H groups in total. The highest BCUT2D eigenvalue weighted by atomic mass is 32.2. The second kappa shape index (κ2) is 7.34. The number of methoxy groups -OCH3 is 1. The zero-order chi connectivity index (χ0) is 18.1. The van der Waals surface area contributed by atoms with Crippen LogP contribution in [0.4, 0.5) is 5.69 Å². The predicted octanol–water partition coefficient (Wildman–Crippen LogP) is 3.76. The predicted molar refractivity (Wildman–Crippen MR) is 104 cm³/mol. The number of thiophene rings is 2. The first kappa shape index (κ1) is 17.4. The van der Waals surface area contributed by atoms with Gasteiger partial charge in [0.05, 0.1) is 18.6 Å². The third-order valence-electron chi connectivity index (χ3n) is 4.12. The number of ether oxygens (including phenoxy) is 1. The van der Waals surface area contributed by atoms with Crippen LogP contribution in [0.2, 0.25) is 0 Å². The fourth-order valence-corrected chi connectivity index (χ4v) is 5.87. The maximum atomic E-state index is 12.3. The molecule has 134 valence electrons. The Balaban J connectivity index is 1.48. The number of thioether (sulfide) groups is 1. The van der Waals surface area contributed by atoms with Crippen LogP contribution >= 0.6 is 34.4 Å². The smallest absolute Gasteiger partial charge is 0.350 e. The van der Waals surface area contributed by atoms with Crippen molar-refractivity contribution in [3.8, 4) is 0 Å². The summed E-state index contributed by atoms with van der Waals surface area (Å²) in [7, 11) is 1.32. The number of nitrogens with one attached hydrogen (secondary N) is 1. The molecule has 6 nitrogen and oxygen atoms in total. The summed E-state index contributed by atoms with van der Waals surface area (Å²) in [6, 6.07) is 1.70. The molecule has 3 aromatic heterocycles. The lowest BCUT2D eigenvalue weighted by atomic mass is 10.2. The number of amides is 1. The van der Waals surface area contributed by atoms with Gasteiger partial charge in [-0.2, -0.15) is 0 Å². The molecule has 0 aromatic carbocycles. The van der Waals surface area contributed by atoms with Crippen LogP contribution < -0.4 is 5.32 Å². The van der Waals surface area contributed by atoms with Gasteiger partial charge in [-0.1, -0.05) is 11.8 Å². The summed E-state index contributed by atoms with van der Waals surface area (Å²) >= 11 is 4.37. The molecule has 1 aliphatic rings. The lowest BCUT2D eigenvalue weighted by Crippen LogP contribution is -2.15. The highest BCUT2D eigenvalue weighted by molar-refractivity contribution is 8.00. The Morgan fingerprint density at radius 3 is 3.08 bits per heavy atom. The molecule has 1 aliphatic carbocycles. The molecule has 4 rings (SSSR count). The molecule has 0 spiro atoms. The van der Waals surface area contributed by atoms with Crippen molar-refractivity contribution in [3.05, 3.63) is 33.1 Å². The molecule has 0 saturated heterocycles. The lowest BCUT2D eigenvalue weighted by molar-refractivity contribution is -0.113. The number of anilines is 1. The minimum atomic E-state index is -0.450. The van der Waals surface area contributed by atoms with E-state index < -0.39 is 5.97 Å². The van der Waals surface area contributed by atoms with E-state index in [9.17, 15) is 9.59 Å². The standard InChI is InChI=1S/C17H15N3O3S3/c1-23-17(22)14-10(5-6-24-14)20-12(21)7-25-15-13-9-3-2-4-11(9)26-16(13)19-8-18-15/h5-6,8H,2-4,7H2,1H3,(H,20,21). The number of carbonyl (C=O) groups is 2. The van der Waals surface area contributed by atoms with E-state index in [0.717, 1.165) is 28.1 Å². The average Bonchev–Trinajstić information content (AvgIpc) is 3.34. The van der Waals surface area contributed by atoms with E-state index in [2.05, 4.69) is 15.3 Å². The molecule has 0 atom stereocenters. The first-order valence-electron chi connectivity index (χ1n) is 8.01. The van der Waals surface area contributed by atoms with E-state index in [4.69, 9.17) is 4.74 Å². The van der Waals surface area contributed by atoms with Crippen molar-refractivity contribution in [2.24, 2.45) is 0 Å². The topological polar surface area (TPSA) is 81.2 Å². The van der Waals surface area contributed by atoms with Crippen LogP contribution in [0.15, 0.2) is 22.8 Å². The van der Waals surface area contributed by atoms with Crippen molar-refractivity contribution in [3.63, 3.8) is 0 Å². The van der Waals surface area contributed by atoms with Gasteiger partial charge in [0.25, 0.3) is 0 Å². The number of aryl methyl sites for hydroxylation is 2. The van der Waals surface area contributed by atoms with Crippen LogP contribution in [0.3, 0.4) is 0 Å². The molecule has 9 heteroatoms. The molecule has 0 unspecified atom stereocenters. The summed E-state index contributed by atoms with van der Waals surface area (Å²) in [6.45, 7) is 0. The third-order valence-corrected chi connectivity index (χ3v) is 7.20. The summed E-state index contributed by atoms with van der Waals surface area (Å²) < 4.78 is 4.73. The summed E-state index contributed by atoms with van der Waals surface area (Å²) in [6.07, 6.45) is 4.89. The van der Waals surface area contributed by atoms with Gasteiger partial charge >= 0.3 is 5.97 Å². The van der Waals surface area contributed by atoms with Crippen molar-refractivity contribution in [2.45, 2.75) is 24.3 Å². The van der Waals surface area contributed by atoms with E-state index >= 15 is 0 Å². The highest BCUT2D eigenvalue weighted by Crippen LogP contribution is 2.40. The Morgan fingerprint density at radius 2 is 2.23 bits per heavy atom. The van der Waals surface area contributed by atoms with Crippen LogP contribution in [0.25, 0.3) is 10.2 Å². The van der Waals surface area contributed by atoms with Gasteiger partial charge in [0.2, 0.25) is 5.91 Å². The summed E-state index contributed by atoms with van der Waals surface area (Å²) in [5, 5.41) is 6.48. The van der Waals surface area contributed by atoms with Crippen LogP contribution in [-0.2, 0) is 22.4 Å². The van der Waals surface area contributed by atoms with Crippen molar-refractivity contribution < 1.29 is 14.3 Å². The molecule has 3 aromatic rings. The number of hydrogen-bond donors (Lipinski definition) is 1. The zero-order valence-electron chi connectivity index (χ0n) is 13.9. The molecule has 0 saturated carbocycles. The van der Waals surface area contributed by atoms with Crippen LogP contribution in [-0.4, -0.2) is 34.7 Å². The summed E-state index contributed by atoms with van der Waals surface area (Å²) in [4.78, 5) is 35.6. The number of rotatable bonds is 5. The minimum absolute atomic E-state index is 0.183. The minimum Gasteiger partial charge on any atom is -0.465 e. The number of nitrogens with zero attached hydrogens (tertiary/aromatic N) is 2. The molecule has 0 aliphatic heterocycles. The molecular formula is C17H15N3O3S3. The quantitative estimate of drug-likeness (QED) is 0.395. The van der Waals surface area contributed by atoms with Gasteiger partial charge < -0.3 is 10.1 Å². The molecule has 26 heavy (non-hydrogen) atoms. The van der Waals surface area contributed by atoms with Crippen molar-refractivity contribution in [1.29, 1.82) is 0 Å². The van der Waals surface area contributed by atoms with Gasteiger partial charge in [0, 0.05) is 10.3 Å². The van der Waals surface area contributed by atoms with Crippen molar-refractivity contribution >= 4 is 62.2 Å². The van der Waals surface area contributed by atoms with E-state index in [1.54, 1.807) is 29.1 Å². The first-order chi connectivity index (χ1) is 12.7. The molecular weight excluding hydrogens is 390 g/mol. The van der Waals surface area contributed by atoms with Gasteiger partial charge in [-0.3, -0.25) is 4.79 Å². The molecule has 0 bridgehead atoms. The lowest BCUT2D eigenvalue weighted by Gasteiger charge is -2.06. The van der Waals surface area contributed by atoms with E-state index in [0.29, 0.717) is 10.6 Å². The number of esters is 1. The fraction of sp³-hybridized carbons (Fsp3) is 0.294. The van der Waals surface area contributed by atoms with E-state index in [1.807, 2.05) is 0 Å². The average molecular weight is 406 g/mol. The SMILES string of the molecule is COC(=O)c1sccc1NC(=O)CSc1ncnc2sc3c(c12)CCC3. The number of carbonyl (C=O) groups excluding carboxylic acids is 2. The largest absolute Gasteiger partial charge is 0.465 e. The van der Waals surface area contributed by atoms with Crippen LogP contribution in [0.1, 0.15) is 26.5 Å². The molecule has 0 fully saturated rings. The van der Waals surface area contributed by atoms with E-state index in [-0.39, 0.29) is 11.7 Å². The Morgan fingerprint density at radius 1 is 1.35 bits per heavy atom. The summed E-state index contributed by atoms with van der Waals surface area (Å²) in [5.41, 5.74) is 1.83. The normalized spacial score (nSPS) is 13.0. The molecule has 1 amide bonds. The monoisotopic (exact) mass is 405 g/mol. The molecule has 3 heterocycles. The van der Waals surface area contributed by atoms with Gasteiger partial charge in [0.15, 0.2) is 0 Å². The number of aromatic nitrogens is 2. The highest BCUT2D eigenvalue weighted by Gasteiger charge is 2.22. The van der Waals surface area contributed by atoms with Crippen LogP contribution in [0.5, 0.6) is 0 Å². The Hall–Kier alpha value is -1.97. The number of fused-ring (bicyclic) bond motifs is 3. The van der Waals surface area contributed by atoms with Gasteiger partial charge in [-0.25, -0.2) is 14.8 Å². The van der Waals surface area contributed by atoms with Crippen molar-refractivity contribution in [2.75, 3.05) is 18.2 Å². The Labute approximate surface area is 162 Å². The Kier molecular flexibility index (Phi) is 4.92. The second-order valence-corrected chi connectivity index (χ2v) is 8.67. The van der Waals surface area contributed by atoms with Crippen LogP contribution in [0, 0.1) is 0 Å². The van der Waals surface area contributed by atoms with Gasteiger partial charge in [0.1, 0.15) is 21.1 Å².